The second-order valence-electron chi connectivity index (χ2n) is 5.62. The van der Waals surface area contributed by atoms with Crippen LogP contribution >= 0.6 is 0 Å². The van der Waals surface area contributed by atoms with Crippen LogP contribution in [0.4, 0.5) is 0 Å². The molecule has 5 heteroatoms. The predicted octanol–water partition coefficient (Wildman–Crippen LogP) is 1.95. The summed E-state index contributed by atoms with van der Waals surface area (Å²) in [6, 6.07) is 3.63. The highest BCUT2D eigenvalue weighted by atomic mass is 32.2. The average molecular weight is 297 g/mol. The third-order valence-electron chi connectivity index (χ3n) is 3.88. The van der Waals surface area contributed by atoms with Gasteiger partial charge in [-0.1, -0.05) is 0 Å². The van der Waals surface area contributed by atoms with Crippen molar-refractivity contribution in [2.45, 2.75) is 31.1 Å². The molecule has 0 saturated carbocycles. The highest BCUT2D eigenvalue weighted by Gasteiger charge is 2.20. The number of methoxy groups -OCH3 is 1. The Balaban J connectivity index is 2.37. The van der Waals surface area contributed by atoms with Crippen molar-refractivity contribution in [3.8, 4) is 5.75 Å². The van der Waals surface area contributed by atoms with Crippen molar-refractivity contribution in [1.29, 1.82) is 0 Å². The summed E-state index contributed by atoms with van der Waals surface area (Å²) >= 11 is 0. The molecule has 1 heterocycles. The molecule has 0 radical (unpaired) electrons. The van der Waals surface area contributed by atoms with Gasteiger partial charge in [-0.2, -0.15) is 0 Å². The van der Waals surface area contributed by atoms with Crippen LogP contribution in [0.3, 0.4) is 0 Å². The van der Waals surface area contributed by atoms with E-state index in [9.17, 15) is 8.42 Å². The summed E-state index contributed by atoms with van der Waals surface area (Å²) in [7, 11) is -1.59. The maximum Gasteiger partial charge on any atom is 0.175 e. The standard InChI is InChI=1S/C15H23NO3S/c1-11-7-15(20(3,17)18)13(9-14(11)19-2)8-12-5-4-6-16-10-12/h7,9,12,16H,4-6,8,10H2,1-3H3. The lowest BCUT2D eigenvalue weighted by molar-refractivity contribution is 0.372. The summed E-state index contributed by atoms with van der Waals surface area (Å²) in [5, 5.41) is 3.37. The lowest BCUT2D eigenvalue weighted by Gasteiger charge is -2.24. The maximum absolute atomic E-state index is 12.0. The lowest BCUT2D eigenvalue weighted by atomic mass is 9.92. The van der Waals surface area contributed by atoms with Crippen molar-refractivity contribution < 1.29 is 13.2 Å². The van der Waals surface area contributed by atoms with Crippen LogP contribution in [0.2, 0.25) is 0 Å². The molecule has 4 nitrogen and oxygen atoms in total. The summed E-state index contributed by atoms with van der Waals surface area (Å²) in [5.74, 6) is 1.26. The van der Waals surface area contributed by atoms with Crippen molar-refractivity contribution in [3.63, 3.8) is 0 Å². The van der Waals surface area contributed by atoms with Crippen LogP contribution in [-0.2, 0) is 16.3 Å². The normalized spacial score (nSPS) is 19.9. The summed E-state index contributed by atoms with van der Waals surface area (Å²) in [4.78, 5) is 0.446. The molecule has 0 aliphatic carbocycles. The van der Waals surface area contributed by atoms with Gasteiger partial charge in [0.2, 0.25) is 0 Å². The Hall–Kier alpha value is -1.07. The van der Waals surface area contributed by atoms with E-state index in [2.05, 4.69) is 5.32 Å². The average Bonchev–Trinajstić information content (AvgIpc) is 2.40. The molecule has 0 bridgehead atoms. The van der Waals surface area contributed by atoms with E-state index < -0.39 is 9.84 Å². The minimum atomic E-state index is -3.21. The first kappa shape index (κ1) is 15.3. The molecule has 1 atom stereocenters. The monoisotopic (exact) mass is 297 g/mol. The van der Waals surface area contributed by atoms with Crippen LogP contribution in [0.25, 0.3) is 0 Å². The Labute approximate surface area is 121 Å². The summed E-state index contributed by atoms with van der Waals surface area (Å²) in [5.41, 5.74) is 1.74. The molecule has 1 unspecified atom stereocenters. The zero-order chi connectivity index (χ0) is 14.8. The van der Waals surface area contributed by atoms with Crippen molar-refractivity contribution in [2.24, 2.45) is 5.92 Å². The van der Waals surface area contributed by atoms with E-state index in [4.69, 9.17) is 4.74 Å². The minimum Gasteiger partial charge on any atom is -0.496 e. The van der Waals surface area contributed by atoms with Gasteiger partial charge in [0.15, 0.2) is 9.84 Å². The van der Waals surface area contributed by atoms with E-state index in [1.54, 1.807) is 13.2 Å². The molecule has 0 spiro atoms. The summed E-state index contributed by atoms with van der Waals surface area (Å²) in [6.45, 7) is 3.89. The Morgan fingerprint density at radius 2 is 2.15 bits per heavy atom. The molecule has 20 heavy (non-hydrogen) atoms. The molecule has 1 saturated heterocycles. The van der Waals surface area contributed by atoms with Crippen LogP contribution < -0.4 is 10.1 Å². The van der Waals surface area contributed by atoms with Crippen LogP contribution in [0.15, 0.2) is 17.0 Å². The highest BCUT2D eigenvalue weighted by molar-refractivity contribution is 7.90. The number of piperidine rings is 1. The van der Waals surface area contributed by atoms with Gasteiger partial charge >= 0.3 is 0 Å². The molecule has 0 aromatic heterocycles. The van der Waals surface area contributed by atoms with Gasteiger partial charge < -0.3 is 10.1 Å². The number of rotatable bonds is 4. The summed E-state index contributed by atoms with van der Waals surface area (Å²) < 4.78 is 29.3. The number of hydrogen-bond acceptors (Lipinski definition) is 4. The van der Waals surface area contributed by atoms with Crippen LogP contribution in [0.1, 0.15) is 24.0 Å². The third-order valence-corrected chi connectivity index (χ3v) is 5.06. The Bertz CT molecular complexity index is 575. The van der Waals surface area contributed by atoms with Gasteiger partial charge in [0, 0.05) is 6.26 Å². The second kappa shape index (κ2) is 6.14. The number of sulfone groups is 1. The fourth-order valence-corrected chi connectivity index (χ4v) is 3.85. The molecule has 1 fully saturated rings. The first-order valence-corrected chi connectivity index (χ1v) is 8.89. The van der Waals surface area contributed by atoms with Crippen molar-refractivity contribution in [1.82, 2.24) is 5.32 Å². The second-order valence-corrected chi connectivity index (χ2v) is 7.60. The molecule has 1 N–H and O–H groups in total. The van der Waals surface area contributed by atoms with Gasteiger partial charge in [-0.3, -0.25) is 0 Å². The Morgan fingerprint density at radius 3 is 2.70 bits per heavy atom. The van der Waals surface area contributed by atoms with E-state index in [0.717, 1.165) is 49.2 Å². The molecule has 1 aliphatic heterocycles. The first-order chi connectivity index (χ1) is 9.41. The van der Waals surface area contributed by atoms with Crippen molar-refractivity contribution >= 4 is 9.84 Å². The van der Waals surface area contributed by atoms with E-state index in [1.165, 1.54) is 6.26 Å². The van der Waals surface area contributed by atoms with Gasteiger partial charge in [0.1, 0.15) is 5.75 Å². The predicted molar refractivity (Wildman–Crippen MR) is 80.1 cm³/mol. The quantitative estimate of drug-likeness (QED) is 0.923. The number of aryl methyl sites for hydroxylation is 1. The Kier molecular flexibility index (Phi) is 4.70. The molecule has 1 aliphatic rings. The smallest absolute Gasteiger partial charge is 0.175 e. The fourth-order valence-electron chi connectivity index (χ4n) is 2.84. The van der Waals surface area contributed by atoms with Crippen LogP contribution in [-0.4, -0.2) is 34.9 Å². The lowest BCUT2D eigenvalue weighted by Crippen LogP contribution is -2.31. The van der Waals surface area contributed by atoms with Gasteiger partial charge in [0.25, 0.3) is 0 Å². The molecule has 2 rings (SSSR count). The Morgan fingerprint density at radius 1 is 1.40 bits per heavy atom. The third kappa shape index (κ3) is 3.52. The molecular formula is C15H23NO3S. The fraction of sp³-hybridized carbons (Fsp3) is 0.600. The SMILES string of the molecule is COc1cc(CC2CCCNC2)c(S(C)(=O)=O)cc1C. The zero-order valence-electron chi connectivity index (χ0n) is 12.4. The highest BCUT2D eigenvalue weighted by Crippen LogP contribution is 2.29. The molecule has 112 valence electrons. The zero-order valence-corrected chi connectivity index (χ0v) is 13.2. The number of nitrogens with one attached hydrogen (secondary N) is 1. The number of ether oxygens (including phenoxy) is 1. The molecule has 1 aromatic rings. The van der Waals surface area contributed by atoms with Crippen LogP contribution in [0, 0.1) is 12.8 Å². The van der Waals surface area contributed by atoms with Gasteiger partial charge in [-0.25, -0.2) is 8.42 Å². The van der Waals surface area contributed by atoms with Crippen molar-refractivity contribution in [2.75, 3.05) is 26.5 Å². The van der Waals surface area contributed by atoms with Gasteiger partial charge in [-0.15, -0.1) is 0 Å². The van der Waals surface area contributed by atoms with E-state index in [1.807, 2.05) is 13.0 Å². The minimum absolute atomic E-state index is 0.446. The topological polar surface area (TPSA) is 55.4 Å². The molecular weight excluding hydrogens is 274 g/mol. The van der Waals surface area contributed by atoms with E-state index >= 15 is 0 Å². The molecule has 1 aromatic carbocycles. The van der Waals surface area contributed by atoms with Crippen molar-refractivity contribution in [3.05, 3.63) is 23.3 Å². The largest absolute Gasteiger partial charge is 0.496 e. The first-order valence-electron chi connectivity index (χ1n) is 7.00. The molecule has 0 amide bonds. The number of hydrogen-bond donors (Lipinski definition) is 1. The number of benzene rings is 1. The van der Waals surface area contributed by atoms with Gasteiger partial charge in [-0.05, 0) is 68.5 Å². The summed E-state index contributed by atoms with van der Waals surface area (Å²) in [6.07, 6.45) is 4.36. The van der Waals surface area contributed by atoms with Gasteiger partial charge in [0.05, 0.1) is 12.0 Å². The van der Waals surface area contributed by atoms with E-state index in [0.29, 0.717) is 10.8 Å². The van der Waals surface area contributed by atoms with E-state index in [-0.39, 0.29) is 0 Å². The maximum atomic E-state index is 12.0. The van der Waals surface area contributed by atoms with Crippen LogP contribution in [0.5, 0.6) is 5.75 Å².